The van der Waals surface area contributed by atoms with Gasteiger partial charge in [-0.25, -0.2) is 0 Å². The maximum absolute atomic E-state index is 13.2. The second kappa shape index (κ2) is 10.9. The summed E-state index contributed by atoms with van der Waals surface area (Å²) in [4.78, 5) is 27.7. The monoisotopic (exact) mass is 416 g/mol. The van der Waals surface area contributed by atoms with Gasteiger partial charge in [-0.15, -0.1) is 0 Å². The fourth-order valence-electron chi connectivity index (χ4n) is 3.15. The van der Waals surface area contributed by atoms with Crippen LogP contribution in [-0.4, -0.2) is 35.9 Å². The summed E-state index contributed by atoms with van der Waals surface area (Å²) < 4.78 is 5.21. The van der Waals surface area contributed by atoms with Gasteiger partial charge < -0.3 is 15.0 Å². The lowest BCUT2D eigenvalue weighted by molar-refractivity contribution is -0.141. The van der Waals surface area contributed by atoms with E-state index in [1.807, 2.05) is 57.2 Å². The van der Waals surface area contributed by atoms with Crippen molar-refractivity contribution in [2.45, 2.75) is 52.2 Å². The van der Waals surface area contributed by atoms with E-state index in [4.69, 9.17) is 16.3 Å². The molecule has 0 spiro atoms. The summed E-state index contributed by atoms with van der Waals surface area (Å²) in [6.07, 6.45) is 0.707. The molecule has 0 saturated heterocycles. The molecule has 0 aliphatic rings. The number of amides is 2. The summed E-state index contributed by atoms with van der Waals surface area (Å²) in [6.45, 7) is 6.07. The molecule has 29 heavy (non-hydrogen) atoms. The van der Waals surface area contributed by atoms with Crippen molar-refractivity contribution >= 4 is 23.4 Å². The molecule has 2 aromatic rings. The molecule has 0 aromatic heterocycles. The van der Waals surface area contributed by atoms with Crippen LogP contribution in [0.15, 0.2) is 48.5 Å². The second-order valence-corrected chi connectivity index (χ2v) is 7.70. The first-order valence-corrected chi connectivity index (χ1v) is 10.2. The Bertz CT molecular complexity index is 821. The van der Waals surface area contributed by atoms with Crippen LogP contribution < -0.4 is 10.1 Å². The van der Waals surface area contributed by atoms with Gasteiger partial charge in [-0.05, 0) is 55.7 Å². The second-order valence-electron chi connectivity index (χ2n) is 7.26. The molecule has 0 radical (unpaired) electrons. The van der Waals surface area contributed by atoms with Gasteiger partial charge in [0.1, 0.15) is 11.8 Å². The van der Waals surface area contributed by atoms with Crippen LogP contribution in [0.1, 0.15) is 38.3 Å². The lowest BCUT2D eigenvalue weighted by Crippen LogP contribution is -2.50. The fraction of sp³-hybridized carbons (Fsp3) is 0.391. The quantitative estimate of drug-likeness (QED) is 0.665. The molecule has 2 rings (SSSR count). The molecule has 2 aromatic carbocycles. The van der Waals surface area contributed by atoms with E-state index in [0.29, 0.717) is 18.0 Å². The van der Waals surface area contributed by atoms with Gasteiger partial charge in [0, 0.05) is 17.6 Å². The first kappa shape index (κ1) is 22.8. The Balaban J connectivity index is 2.28. The molecule has 6 heteroatoms. The predicted octanol–water partition coefficient (Wildman–Crippen LogP) is 4.22. The largest absolute Gasteiger partial charge is 0.497 e. The van der Waals surface area contributed by atoms with E-state index in [0.717, 1.165) is 16.9 Å². The van der Waals surface area contributed by atoms with E-state index in [1.165, 1.54) is 0 Å². The molecule has 0 bridgehead atoms. The van der Waals surface area contributed by atoms with Crippen molar-refractivity contribution in [3.63, 3.8) is 0 Å². The summed E-state index contributed by atoms with van der Waals surface area (Å²) in [6, 6.07) is 14.2. The lowest BCUT2D eigenvalue weighted by Gasteiger charge is -2.31. The third-order valence-corrected chi connectivity index (χ3v) is 4.81. The van der Waals surface area contributed by atoms with Gasteiger partial charge in [0.05, 0.1) is 13.5 Å². The molecule has 5 nitrogen and oxygen atoms in total. The molecule has 0 heterocycles. The number of carbonyl (C=O) groups excluding carboxylic acids is 2. The SMILES string of the molecule is CC[C@@H](C(=O)NC(C)C)N(Cc1ccc(OC)cc1)C(=O)Cc1cccc(Cl)c1. The maximum Gasteiger partial charge on any atom is 0.243 e. The first-order chi connectivity index (χ1) is 13.8. The Morgan fingerprint density at radius 3 is 2.34 bits per heavy atom. The number of ether oxygens (including phenoxy) is 1. The fourth-order valence-corrected chi connectivity index (χ4v) is 3.36. The first-order valence-electron chi connectivity index (χ1n) is 9.81. The van der Waals surface area contributed by atoms with Crippen LogP contribution in [0.2, 0.25) is 5.02 Å². The van der Waals surface area contributed by atoms with E-state index in [-0.39, 0.29) is 24.3 Å². The average Bonchev–Trinajstić information content (AvgIpc) is 2.67. The number of methoxy groups -OCH3 is 1. The zero-order valence-electron chi connectivity index (χ0n) is 17.4. The van der Waals surface area contributed by atoms with Gasteiger partial charge in [-0.1, -0.05) is 42.8 Å². The maximum atomic E-state index is 13.2. The van der Waals surface area contributed by atoms with E-state index in [2.05, 4.69) is 5.32 Å². The number of nitrogens with zero attached hydrogens (tertiary/aromatic N) is 1. The Morgan fingerprint density at radius 2 is 1.79 bits per heavy atom. The summed E-state index contributed by atoms with van der Waals surface area (Å²) >= 11 is 6.06. The van der Waals surface area contributed by atoms with Crippen molar-refractivity contribution in [3.05, 3.63) is 64.7 Å². The highest BCUT2D eigenvalue weighted by atomic mass is 35.5. The van der Waals surface area contributed by atoms with Gasteiger partial charge in [0.15, 0.2) is 0 Å². The zero-order chi connectivity index (χ0) is 21.4. The molecule has 0 saturated carbocycles. The number of halogens is 1. The Kier molecular flexibility index (Phi) is 8.52. The minimum atomic E-state index is -0.550. The molecular weight excluding hydrogens is 388 g/mol. The number of hydrogen-bond donors (Lipinski definition) is 1. The molecule has 2 amide bonds. The molecule has 156 valence electrons. The highest BCUT2D eigenvalue weighted by Crippen LogP contribution is 2.18. The molecular formula is C23H29ClN2O3. The zero-order valence-corrected chi connectivity index (χ0v) is 18.2. The minimum absolute atomic E-state index is 0.00224. The number of nitrogens with one attached hydrogen (secondary N) is 1. The molecule has 0 aliphatic heterocycles. The van der Waals surface area contributed by atoms with Gasteiger partial charge in [-0.3, -0.25) is 9.59 Å². The Labute approximate surface area is 178 Å². The van der Waals surface area contributed by atoms with Crippen LogP contribution in [0.4, 0.5) is 0 Å². The number of carbonyl (C=O) groups is 2. The molecule has 0 fully saturated rings. The van der Waals surface area contributed by atoms with Gasteiger partial charge in [0.25, 0.3) is 0 Å². The number of hydrogen-bond acceptors (Lipinski definition) is 3. The normalized spacial score (nSPS) is 11.8. The van der Waals surface area contributed by atoms with Crippen molar-refractivity contribution in [2.75, 3.05) is 7.11 Å². The van der Waals surface area contributed by atoms with Crippen LogP contribution >= 0.6 is 11.6 Å². The number of rotatable bonds is 9. The van der Waals surface area contributed by atoms with E-state index in [1.54, 1.807) is 24.1 Å². The topological polar surface area (TPSA) is 58.6 Å². The van der Waals surface area contributed by atoms with Crippen LogP contribution in [0, 0.1) is 0 Å². The van der Waals surface area contributed by atoms with Crippen LogP contribution in [0.3, 0.4) is 0 Å². The Morgan fingerprint density at radius 1 is 1.10 bits per heavy atom. The van der Waals surface area contributed by atoms with Crippen molar-refractivity contribution in [1.82, 2.24) is 10.2 Å². The summed E-state index contributed by atoms with van der Waals surface area (Å²) in [5.41, 5.74) is 1.75. The summed E-state index contributed by atoms with van der Waals surface area (Å²) in [5, 5.41) is 3.52. The third-order valence-electron chi connectivity index (χ3n) is 4.57. The van der Waals surface area contributed by atoms with E-state index in [9.17, 15) is 9.59 Å². The Hall–Kier alpha value is -2.53. The average molecular weight is 417 g/mol. The van der Waals surface area contributed by atoms with Gasteiger partial charge >= 0.3 is 0 Å². The molecule has 0 unspecified atom stereocenters. The van der Waals surface area contributed by atoms with Crippen LogP contribution in [0.5, 0.6) is 5.75 Å². The van der Waals surface area contributed by atoms with E-state index >= 15 is 0 Å². The standard InChI is InChI=1S/C23H29ClN2O3/c1-5-21(23(28)25-16(2)3)26(15-17-9-11-20(29-4)12-10-17)22(27)14-18-7-6-8-19(24)13-18/h6-13,16,21H,5,14-15H2,1-4H3,(H,25,28)/t21-/m0/s1. The highest BCUT2D eigenvalue weighted by molar-refractivity contribution is 6.30. The van der Waals surface area contributed by atoms with Crippen molar-refractivity contribution in [2.24, 2.45) is 0 Å². The van der Waals surface area contributed by atoms with Gasteiger partial charge in [-0.2, -0.15) is 0 Å². The highest BCUT2D eigenvalue weighted by Gasteiger charge is 2.29. The molecule has 0 aliphatic carbocycles. The lowest BCUT2D eigenvalue weighted by atomic mass is 10.1. The van der Waals surface area contributed by atoms with Gasteiger partial charge in [0.2, 0.25) is 11.8 Å². The minimum Gasteiger partial charge on any atom is -0.497 e. The van der Waals surface area contributed by atoms with Crippen LogP contribution in [0.25, 0.3) is 0 Å². The van der Waals surface area contributed by atoms with Crippen molar-refractivity contribution < 1.29 is 14.3 Å². The van der Waals surface area contributed by atoms with Crippen molar-refractivity contribution in [1.29, 1.82) is 0 Å². The summed E-state index contributed by atoms with van der Waals surface area (Å²) in [5.74, 6) is 0.486. The molecule has 1 N–H and O–H groups in total. The predicted molar refractivity (Wildman–Crippen MR) is 116 cm³/mol. The van der Waals surface area contributed by atoms with E-state index < -0.39 is 6.04 Å². The summed E-state index contributed by atoms with van der Waals surface area (Å²) in [7, 11) is 1.61. The van der Waals surface area contributed by atoms with Crippen LogP contribution in [-0.2, 0) is 22.6 Å². The smallest absolute Gasteiger partial charge is 0.243 e. The number of benzene rings is 2. The third kappa shape index (κ3) is 6.79. The van der Waals surface area contributed by atoms with Crippen molar-refractivity contribution in [3.8, 4) is 5.75 Å². The molecule has 1 atom stereocenters.